The first kappa shape index (κ1) is 16.9. The molecule has 5 nitrogen and oxygen atoms in total. The molecule has 0 saturated heterocycles. The number of aryl methyl sites for hydroxylation is 2. The lowest BCUT2D eigenvalue weighted by molar-refractivity contribution is 0.201. The Labute approximate surface area is 154 Å². The van der Waals surface area contributed by atoms with E-state index in [2.05, 4.69) is 33.5 Å². The van der Waals surface area contributed by atoms with Crippen molar-refractivity contribution in [1.82, 2.24) is 4.98 Å². The highest BCUT2D eigenvalue weighted by Crippen LogP contribution is 2.25. The number of nitrogens with zero attached hydrogens (tertiary/aromatic N) is 2. The Morgan fingerprint density at radius 1 is 1.12 bits per heavy atom. The molecule has 136 valence electrons. The van der Waals surface area contributed by atoms with Crippen LogP contribution < -0.4 is 15.8 Å². The Hall–Kier alpha value is -2.56. The summed E-state index contributed by atoms with van der Waals surface area (Å²) in [5.41, 5.74) is 11.0. The van der Waals surface area contributed by atoms with Gasteiger partial charge in [-0.2, -0.15) is 0 Å². The van der Waals surface area contributed by atoms with E-state index in [1.54, 1.807) is 6.20 Å². The third kappa shape index (κ3) is 4.15. The first-order chi connectivity index (χ1) is 12.8. The zero-order chi connectivity index (χ0) is 17.8. The van der Waals surface area contributed by atoms with Gasteiger partial charge < -0.3 is 15.8 Å². The second kappa shape index (κ2) is 7.77. The lowest BCUT2D eigenvalue weighted by Crippen LogP contribution is -2.22. The van der Waals surface area contributed by atoms with Gasteiger partial charge >= 0.3 is 0 Å². The Morgan fingerprint density at radius 2 is 1.96 bits per heavy atom. The van der Waals surface area contributed by atoms with Crippen molar-refractivity contribution in [3.63, 3.8) is 0 Å². The van der Waals surface area contributed by atoms with Crippen molar-refractivity contribution in [2.45, 2.75) is 57.6 Å². The van der Waals surface area contributed by atoms with Gasteiger partial charge in [-0.25, -0.2) is 9.98 Å². The average Bonchev–Trinajstić information content (AvgIpc) is 3.31. The van der Waals surface area contributed by atoms with E-state index in [9.17, 15) is 0 Å². The van der Waals surface area contributed by atoms with E-state index < -0.39 is 0 Å². The molecule has 0 amide bonds. The number of nitrogens with two attached hydrogens (primary N) is 1. The highest BCUT2D eigenvalue weighted by molar-refractivity contribution is 5.92. The van der Waals surface area contributed by atoms with Crippen molar-refractivity contribution in [3.05, 3.63) is 53.2 Å². The molecule has 0 bridgehead atoms. The summed E-state index contributed by atoms with van der Waals surface area (Å²) in [5, 5.41) is 3.20. The van der Waals surface area contributed by atoms with Crippen molar-refractivity contribution in [1.29, 1.82) is 0 Å². The van der Waals surface area contributed by atoms with E-state index in [1.165, 1.54) is 36.8 Å². The first-order valence-electron chi connectivity index (χ1n) is 9.56. The zero-order valence-electron chi connectivity index (χ0n) is 15.1. The number of rotatable bonds is 5. The van der Waals surface area contributed by atoms with Gasteiger partial charge in [-0.3, -0.25) is 0 Å². The molecule has 0 unspecified atom stereocenters. The molecule has 5 heteroatoms. The van der Waals surface area contributed by atoms with Gasteiger partial charge in [-0.15, -0.1) is 0 Å². The Balaban J connectivity index is 1.36. The van der Waals surface area contributed by atoms with Gasteiger partial charge in [-0.05, 0) is 79.8 Å². The molecule has 1 heterocycles. The number of ether oxygens (including phenoxy) is 1. The summed E-state index contributed by atoms with van der Waals surface area (Å²) in [6.45, 7) is 0.507. The maximum atomic E-state index is 6.06. The van der Waals surface area contributed by atoms with Gasteiger partial charge in [0.25, 0.3) is 0 Å². The van der Waals surface area contributed by atoms with Gasteiger partial charge in [0.2, 0.25) is 5.88 Å². The van der Waals surface area contributed by atoms with Crippen molar-refractivity contribution < 1.29 is 4.74 Å². The second-order valence-electron chi connectivity index (χ2n) is 7.19. The fourth-order valence-corrected chi connectivity index (χ4v) is 3.80. The number of fused-ring (bicyclic) bond motifs is 1. The predicted octanol–water partition coefficient (Wildman–Crippen LogP) is 3.82. The van der Waals surface area contributed by atoms with Crippen molar-refractivity contribution in [2.24, 2.45) is 10.7 Å². The quantitative estimate of drug-likeness (QED) is 0.635. The summed E-state index contributed by atoms with van der Waals surface area (Å²) < 4.78 is 5.95. The topological polar surface area (TPSA) is 72.5 Å². The average molecular weight is 350 g/mol. The van der Waals surface area contributed by atoms with Crippen molar-refractivity contribution >= 4 is 11.6 Å². The van der Waals surface area contributed by atoms with Crippen LogP contribution in [0.2, 0.25) is 0 Å². The summed E-state index contributed by atoms with van der Waals surface area (Å²) in [5.74, 6) is 1.12. The lowest BCUT2D eigenvalue weighted by atomic mass is 10.1. The van der Waals surface area contributed by atoms with E-state index in [1.807, 2.05) is 12.1 Å². The maximum absolute atomic E-state index is 6.06. The minimum Gasteiger partial charge on any atom is -0.474 e. The molecule has 1 fully saturated rings. The zero-order valence-corrected chi connectivity index (χ0v) is 15.1. The van der Waals surface area contributed by atoms with Crippen molar-refractivity contribution in [3.8, 4) is 5.88 Å². The van der Waals surface area contributed by atoms with Crippen LogP contribution >= 0.6 is 0 Å². The SMILES string of the molecule is NC(=NCc1ccnc(OC2CCCC2)c1)Nc1ccc2c(c1)CCC2. The number of hydrogen-bond donors (Lipinski definition) is 2. The molecular weight excluding hydrogens is 324 g/mol. The monoisotopic (exact) mass is 350 g/mol. The molecule has 2 aliphatic rings. The molecular formula is C21H26N4O. The fraction of sp³-hybridized carbons (Fsp3) is 0.429. The number of benzene rings is 1. The number of anilines is 1. The highest BCUT2D eigenvalue weighted by atomic mass is 16.5. The van der Waals surface area contributed by atoms with Crippen LogP contribution in [0.15, 0.2) is 41.5 Å². The third-order valence-corrected chi connectivity index (χ3v) is 5.19. The number of hydrogen-bond acceptors (Lipinski definition) is 3. The molecule has 2 aromatic rings. The number of pyridine rings is 1. The number of aromatic nitrogens is 1. The molecule has 0 atom stereocenters. The molecule has 0 aliphatic heterocycles. The summed E-state index contributed by atoms with van der Waals surface area (Å²) in [7, 11) is 0. The molecule has 0 radical (unpaired) electrons. The summed E-state index contributed by atoms with van der Waals surface area (Å²) in [4.78, 5) is 8.77. The standard InChI is InChI=1S/C21H26N4O/c22-21(25-18-9-8-16-4-3-5-17(16)13-18)24-14-15-10-11-23-20(12-15)26-19-6-1-2-7-19/h8-13,19H,1-7,14H2,(H3,22,24,25). The minimum absolute atomic E-state index is 0.313. The van der Waals surface area contributed by atoms with Crippen LogP contribution in [0.1, 0.15) is 48.8 Å². The molecule has 0 spiro atoms. The summed E-state index contributed by atoms with van der Waals surface area (Å²) >= 11 is 0. The molecule has 1 aromatic heterocycles. The molecule has 26 heavy (non-hydrogen) atoms. The van der Waals surface area contributed by atoms with Gasteiger partial charge in [0, 0.05) is 18.0 Å². The largest absolute Gasteiger partial charge is 0.474 e. The van der Waals surface area contributed by atoms with E-state index in [0.717, 1.165) is 30.5 Å². The van der Waals surface area contributed by atoms with Gasteiger partial charge in [0.1, 0.15) is 6.10 Å². The highest BCUT2D eigenvalue weighted by Gasteiger charge is 2.17. The van der Waals surface area contributed by atoms with E-state index >= 15 is 0 Å². The van der Waals surface area contributed by atoms with Crippen molar-refractivity contribution in [2.75, 3.05) is 5.32 Å². The van der Waals surface area contributed by atoms with Crippen LogP contribution in [-0.2, 0) is 19.4 Å². The van der Waals surface area contributed by atoms with Gasteiger partial charge in [0.05, 0.1) is 6.54 Å². The third-order valence-electron chi connectivity index (χ3n) is 5.19. The van der Waals surface area contributed by atoms with Crippen LogP contribution in [0.5, 0.6) is 5.88 Å². The molecule has 1 aromatic carbocycles. The van der Waals surface area contributed by atoms with E-state index in [4.69, 9.17) is 10.5 Å². The van der Waals surface area contributed by atoms with Crippen LogP contribution in [0.4, 0.5) is 5.69 Å². The van der Waals surface area contributed by atoms with Crippen LogP contribution in [0, 0.1) is 0 Å². The first-order valence-corrected chi connectivity index (χ1v) is 9.56. The van der Waals surface area contributed by atoms with Gasteiger partial charge in [0.15, 0.2) is 5.96 Å². The number of aliphatic imine (C=N–C) groups is 1. The second-order valence-corrected chi connectivity index (χ2v) is 7.19. The summed E-state index contributed by atoms with van der Waals surface area (Å²) in [6.07, 6.45) is 10.4. The smallest absolute Gasteiger partial charge is 0.213 e. The summed E-state index contributed by atoms with van der Waals surface area (Å²) in [6, 6.07) is 10.4. The molecule has 3 N–H and O–H groups in total. The van der Waals surface area contributed by atoms with E-state index in [-0.39, 0.29) is 0 Å². The lowest BCUT2D eigenvalue weighted by Gasteiger charge is -2.12. The predicted molar refractivity (Wildman–Crippen MR) is 105 cm³/mol. The van der Waals surface area contributed by atoms with Crippen LogP contribution in [0.3, 0.4) is 0 Å². The minimum atomic E-state index is 0.313. The molecule has 2 aliphatic carbocycles. The number of guanidine groups is 1. The van der Waals surface area contributed by atoms with E-state index in [0.29, 0.717) is 24.5 Å². The molecule has 4 rings (SSSR count). The Morgan fingerprint density at radius 3 is 2.85 bits per heavy atom. The van der Waals surface area contributed by atoms with Gasteiger partial charge in [-0.1, -0.05) is 6.07 Å². The molecule has 1 saturated carbocycles. The fourth-order valence-electron chi connectivity index (χ4n) is 3.80. The normalized spacial score (nSPS) is 17.3. The van der Waals surface area contributed by atoms with Crippen LogP contribution in [-0.4, -0.2) is 17.0 Å². The Kier molecular flexibility index (Phi) is 5.04. The maximum Gasteiger partial charge on any atom is 0.213 e. The number of nitrogens with one attached hydrogen (secondary N) is 1. The Bertz CT molecular complexity index is 796. The van der Waals surface area contributed by atoms with Crippen LogP contribution in [0.25, 0.3) is 0 Å².